The van der Waals surface area contributed by atoms with Crippen molar-refractivity contribution in [1.82, 2.24) is 9.88 Å². The number of carbonyl (C=O) groups is 2. The van der Waals surface area contributed by atoms with Crippen LogP contribution < -0.4 is 15.5 Å². The predicted octanol–water partition coefficient (Wildman–Crippen LogP) is 1.49. The van der Waals surface area contributed by atoms with Crippen LogP contribution in [-0.2, 0) is 22.7 Å². The number of carbonyl (C=O) groups excluding carboxylic acids is 2. The van der Waals surface area contributed by atoms with Crippen molar-refractivity contribution in [2.24, 2.45) is 0 Å². The van der Waals surface area contributed by atoms with Crippen LogP contribution in [0.4, 0.5) is 5.69 Å². The Morgan fingerprint density at radius 3 is 2.45 bits per heavy atom. The van der Waals surface area contributed by atoms with Crippen LogP contribution in [0.15, 0.2) is 34.4 Å². The molecule has 0 radical (unpaired) electrons. The summed E-state index contributed by atoms with van der Waals surface area (Å²) in [4.78, 5) is 34.2. The summed E-state index contributed by atoms with van der Waals surface area (Å²) < 4.78 is 1.44. The highest BCUT2D eigenvalue weighted by Crippen LogP contribution is 2.09. The van der Waals surface area contributed by atoms with Gasteiger partial charge in [0.05, 0.1) is 0 Å². The van der Waals surface area contributed by atoms with Crippen LogP contribution in [0, 0.1) is 6.92 Å². The molecule has 0 bridgehead atoms. The topological polar surface area (TPSA) is 80.2 Å². The van der Waals surface area contributed by atoms with Gasteiger partial charge in [0.1, 0.15) is 6.54 Å². The first-order valence-corrected chi connectivity index (χ1v) is 7.62. The molecule has 2 aromatic rings. The van der Waals surface area contributed by atoms with Crippen molar-refractivity contribution in [3.05, 3.63) is 50.6 Å². The highest BCUT2D eigenvalue weighted by molar-refractivity contribution is 7.07. The molecule has 0 aliphatic carbocycles. The molecule has 116 valence electrons. The number of anilines is 1. The van der Waals surface area contributed by atoms with Gasteiger partial charge in [-0.05, 0) is 24.6 Å². The van der Waals surface area contributed by atoms with E-state index in [4.69, 9.17) is 0 Å². The molecule has 22 heavy (non-hydrogen) atoms. The maximum absolute atomic E-state index is 11.9. The van der Waals surface area contributed by atoms with Crippen molar-refractivity contribution in [2.45, 2.75) is 26.9 Å². The van der Waals surface area contributed by atoms with E-state index >= 15 is 0 Å². The molecule has 0 aliphatic rings. The maximum atomic E-state index is 11.9. The molecule has 2 amide bonds. The third-order valence-corrected chi connectivity index (χ3v) is 3.92. The lowest BCUT2D eigenvalue weighted by molar-refractivity contribution is -0.122. The first kappa shape index (κ1) is 16.0. The quantitative estimate of drug-likeness (QED) is 0.876. The van der Waals surface area contributed by atoms with Crippen molar-refractivity contribution < 1.29 is 9.59 Å². The average Bonchev–Trinajstić information content (AvgIpc) is 2.78. The summed E-state index contributed by atoms with van der Waals surface area (Å²) in [6.07, 6.45) is 0. The molecule has 0 unspecified atom stereocenters. The first-order chi connectivity index (χ1) is 10.5. The molecular weight excluding hydrogens is 302 g/mol. The van der Waals surface area contributed by atoms with Gasteiger partial charge >= 0.3 is 4.87 Å². The normalized spacial score (nSPS) is 10.3. The third kappa shape index (κ3) is 4.29. The minimum absolute atomic E-state index is 0.0259. The summed E-state index contributed by atoms with van der Waals surface area (Å²) in [6.45, 7) is 3.64. The van der Waals surface area contributed by atoms with Gasteiger partial charge in [-0.2, -0.15) is 0 Å². The van der Waals surface area contributed by atoms with E-state index < -0.39 is 0 Å². The average molecular weight is 319 g/mol. The molecule has 0 saturated carbocycles. The number of aryl methyl sites for hydroxylation is 1. The van der Waals surface area contributed by atoms with Crippen LogP contribution in [-0.4, -0.2) is 16.4 Å². The fraction of sp³-hybridized carbons (Fsp3) is 0.267. The van der Waals surface area contributed by atoms with Gasteiger partial charge < -0.3 is 10.6 Å². The highest BCUT2D eigenvalue weighted by atomic mass is 32.1. The van der Waals surface area contributed by atoms with E-state index in [-0.39, 0.29) is 23.2 Å². The van der Waals surface area contributed by atoms with Gasteiger partial charge in [0.2, 0.25) is 11.8 Å². The standard InChI is InChI=1S/C15H17N3O3S/c1-10-9-22-15(21)18(10)8-14(20)16-7-12-3-5-13(6-4-12)17-11(2)19/h3-6,9H,7-8H2,1-2H3,(H,16,20)(H,17,19). The van der Waals surface area contributed by atoms with Gasteiger partial charge in [0.15, 0.2) is 0 Å². The van der Waals surface area contributed by atoms with Crippen LogP contribution in [0.1, 0.15) is 18.2 Å². The minimum atomic E-state index is -0.213. The second-order valence-electron chi connectivity index (χ2n) is 4.88. The molecule has 0 saturated heterocycles. The molecule has 7 heteroatoms. The van der Waals surface area contributed by atoms with Crippen LogP contribution in [0.2, 0.25) is 0 Å². The Morgan fingerprint density at radius 2 is 1.91 bits per heavy atom. The zero-order valence-corrected chi connectivity index (χ0v) is 13.2. The molecule has 1 heterocycles. The predicted molar refractivity (Wildman–Crippen MR) is 85.9 cm³/mol. The Morgan fingerprint density at radius 1 is 1.23 bits per heavy atom. The van der Waals surface area contributed by atoms with Crippen LogP contribution >= 0.6 is 11.3 Å². The van der Waals surface area contributed by atoms with E-state index in [1.807, 2.05) is 12.1 Å². The van der Waals surface area contributed by atoms with Gasteiger partial charge in [0, 0.05) is 30.2 Å². The van der Waals surface area contributed by atoms with Gasteiger partial charge in [-0.25, -0.2) is 0 Å². The first-order valence-electron chi connectivity index (χ1n) is 6.74. The van der Waals surface area contributed by atoms with Crippen LogP contribution in [0.25, 0.3) is 0 Å². The zero-order chi connectivity index (χ0) is 16.1. The second kappa shape index (κ2) is 7.04. The second-order valence-corrected chi connectivity index (χ2v) is 5.70. The zero-order valence-electron chi connectivity index (χ0n) is 12.4. The van der Waals surface area contributed by atoms with E-state index in [0.717, 1.165) is 22.6 Å². The SMILES string of the molecule is CC(=O)Nc1ccc(CNC(=O)Cn2c(C)csc2=O)cc1. The van der Waals surface area contributed by atoms with Crippen molar-refractivity contribution in [3.8, 4) is 0 Å². The summed E-state index contributed by atoms with van der Waals surface area (Å²) in [5.74, 6) is -0.341. The van der Waals surface area contributed by atoms with Gasteiger partial charge in [-0.15, -0.1) is 0 Å². The molecule has 0 aliphatic heterocycles. The van der Waals surface area contributed by atoms with E-state index in [1.165, 1.54) is 11.5 Å². The molecule has 2 rings (SSSR count). The lowest BCUT2D eigenvalue weighted by atomic mass is 10.2. The maximum Gasteiger partial charge on any atom is 0.307 e. The number of hydrogen-bond acceptors (Lipinski definition) is 4. The van der Waals surface area contributed by atoms with Crippen LogP contribution in [0.3, 0.4) is 0 Å². The molecule has 6 nitrogen and oxygen atoms in total. The van der Waals surface area contributed by atoms with E-state index in [0.29, 0.717) is 12.2 Å². The molecular formula is C15H17N3O3S. The van der Waals surface area contributed by atoms with E-state index in [2.05, 4.69) is 10.6 Å². The number of rotatable bonds is 5. The summed E-state index contributed by atoms with van der Waals surface area (Å²) in [7, 11) is 0. The Hall–Kier alpha value is -2.41. The number of benzene rings is 1. The van der Waals surface area contributed by atoms with Gasteiger partial charge in [0.25, 0.3) is 0 Å². The molecule has 0 spiro atoms. The monoisotopic (exact) mass is 319 g/mol. The van der Waals surface area contributed by atoms with E-state index in [1.54, 1.807) is 24.4 Å². The van der Waals surface area contributed by atoms with Crippen molar-refractivity contribution in [1.29, 1.82) is 0 Å². The van der Waals surface area contributed by atoms with Crippen LogP contribution in [0.5, 0.6) is 0 Å². The summed E-state index contributed by atoms with van der Waals surface area (Å²) >= 11 is 1.09. The molecule has 1 aromatic heterocycles. The van der Waals surface area contributed by atoms with E-state index in [9.17, 15) is 14.4 Å². The number of thiazole rings is 1. The highest BCUT2D eigenvalue weighted by Gasteiger charge is 2.08. The van der Waals surface area contributed by atoms with Crippen molar-refractivity contribution in [2.75, 3.05) is 5.32 Å². The minimum Gasteiger partial charge on any atom is -0.350 e. The molecule has 0 atom stereocenters. The number of aromatic nitrogens is 1. The summed E-state index contributed by atoms with van der Waals surface area (Å²) in [6, 6.07) is 7.20. The molecule has 2 N–H and O–H groups in total. The number of nitrogens with zero attached hydrogens (tertiary/aromatic N) is 1. The number of hydrogen-bond donors (Lipinski definition) is 2. The summed E-state index contributed by atoms with van der Waals surface area (Å²) in [5.41, 5.74) is 2.41. The van der Waals surface area contributed by atoms with Gasteiger partial charge in [-0.3, -0.25) is 19.0 Å². The molecule has 1 aromatic carbocycles. The smallest absolute Gasteiger partial charge is 0.307 e. The Kier molecular flexibility index (Phi) is 5.11. The van der Waals surface area contributed by atoms with Gasteiger partial charge in [-0.1, -0.05) is 23.5 Å². The Bertz CT molecular complexity index is 731. The van der Waals surface area contributed by atoms with Crippen molar-refractivity contribution in [3.63, 3.8) is 0 Å². The number of nitrogens with one attached hydrogen (secondary N) is 2. The third-order valence-electron chi connectivity index (χ3n) is 3.04. The molecule has 0 fully saturated rings. The fourth-order valence-corrected chi connectivity index (χ4v) is 2.64. The lowest BCUT2D eigenvalue weighted by Crippen LogP contribution is -2.30. The number of amides is 2. The summed E-state index contributed by atoms with van der Waals surface area (Å²) in [5, 5.41) is 7.18. The Balaban J connectivity index is 1.88. The van der Waals surface area contributed by atoms with Crippen molar-refractivity contribution >= 4 is 28.8 Å². The fourth-order valence-electron chi connectivity index (χ4n) is 1.91. The lowest BCUT2D eigenvalue weighted by Gasteiger charge is -2.08. The Labute approximate surface area is 131 Å². The largest absolute Gasteiger partial charge is 0.350 e.